The molecule has 5 aromatic rings. The highest BCUT2D eigenvalue weighted by atomic mass is 35.5. The van der Waals surface area contributed by atoms with Gasteiger partial charge in [-0.15, -0.1) is 0 Å². The number of benzene rings is 3. The second-order valence-electron chi connectivity index (χ2n) is 8.03. The molecule has 2 aromatic heterocycles. The molecule has 0 aliphatic carbocycles. The minimum atomic E-state index is -0.233. The third-order valence-corrected chi connectivity index (χ3v) is 6.01. The quantitative estimate of drug-likeness (QED) is 0.307. The Balaban J connectivity index is 1.64. The van der Waals surface area contributed by atoms with Gasteiger partial charge in [-0.3, -0.25) is 4.79 Å². The summed E-state index contributed by atoms with van der Waals surface area (Å²) in [5.74, 6) is 1.66. The number of hydrogen-bond acceptors (Lipinski definition) is 6. The van der Waals surface area contributed by atoms with E-state index in [1.54, 1.807) is 25.4 Å². The highest BCUT2D eigenvalue weighted by molar-refractivity contribution is 6.30. The minimum Gasteiger partial charge on any atom is -0.493 e. The van der Waals surface area contributed by atoms with Crippen LogP contribution < -0.4 is 14.9 Å². The van der Waals surface area contributed by atoms with Gasteiger partial charge < -0.3 is 18.6 Å². The molecule has 3 aromatic carbocycles. The number of aromatic nitrogens is 3. The lowest BCUT2D eigenvalue weighted by Crippen LogP contribution is -2.13. The molecule has 176 valence electrons. The molecule has 0 spiro atoms. The van der Waals surface area contributed by atoms with Crippen LogP contribution in [0, 0.1) is 0 Å². The third-order valence-electron chi connectivity index (χ3n) is 5.76. The van der Waals surface area contributed by atoms with E-state index in [1.165, 1.54) is 7.11 Å². The van der Waals surface area contributed by atoms with E-state index < -0.39 is 0 Å². The molecule has 7 nitrogen and oxygen atoms in total. The fourth-order valence-corrected chi connectivity index (χ4v) is 4.13. The molecule has 0 atom stereocenters. The summed E-state index contributed by atoms with van der Waals surface area (Å²) in [5, 5.41) is 5.21. The zero-order chi connectivity index (χ0) is 24.4. The van der Waals surface area contributed by atoms with E-state index in [1.807, 2.05) is 59.2 Å². The minimum absolute atomic E-state index is 0.169. The first-order chi connectivity index (χ1) is 17.1. The number of halogens is 1. The first kappa shape index (κ1) is 22.7. The largest absolute Gasteiger partial charge is 0.493 e. The molecule has 35 heavy (non-hydrogen) atoms. The van der Waals surface area contributed by atoms with Crippen molar-refractivity contribution in [1.29, 1.82) is 0 Å². The molecule has 0 saturated carbocycles. The van der Waals surface area contributed by atoms with Crippen LogP contribution in [0.3, 0.4) is 0 Å². The van der Waals surface area contributed by atoms with Crippen LogP contribution >= 0.6 is 11.6 Å². The van der Waals surface area contributed by atoms with Gasteiger partial charge in [-0.25, -0.2) is 0 Å². The van der Waals surface area contributed by atoms with Crippen LogP contribution in [-0.2, 0) is 13.0 Å². The molecule has 2 heterocycles. The highest BCUT2D eigenvalue weighted by Gasteiger charge is 2.19. The van der Waals surface area contributed by atoms with Crippen LogP contribution in [0.5, 0.6) is 11.5 Å². The van der Waals surface area contributed by atoms with Gasteiger partial charge in [0.15, 0.2) is 17.3 Å². The number of ether oxygens (including phenoxy) is 2. The molecule has 0 bridgehead atoms. The Hall–Kier alpha value is -4.10. The smallest absolute Gasteiger partial charge is 0.263 e. The molecule has 0 fully saturated rings. The standard InChI is InChI=1S/C27H22ClN3O4/c1-33-23-13-20-22(14-24(23)34-2)31(15-18-8-10-19(28)11-9-18)16-21(26(20)32)27-29-25(30-35-27)12-17-6-4-3-5-7-17/h3-11,13-14,16H,12,15H2,1-2H3. The predicted molar refractivity (Wildman–Crippen MR) is 134 cm³/mol. The summed E-state index contributed by atoms with van der Waals surface area (Å²) in [5.41, 5.74) is 2.83. The van der Waals surface area contributed by atoms with Crippen molar-refractivity contribution in [2.45, 2.75) is 13.0 Å². The Morgan fingerprint density at radius 3 is 2.37 bits per heavy atom. The Morgan fingerprint density at radius 2 is 1.66 bits per heavy atom. The number of rotatable bonds is 7. The number of hydrogen-bond donors (Lipinski definition) is 0. The van der Waals surface area contributed by atoms with Crippen molar-refractivity contribution in [3.8, 4) is 23.0 Å². The summed E-state index contributed by atoms with van der Waals surface area (Å²) in [7, 11) is 3.10. The molecule has 0 aliphatic rings. The molecule has 0 saturated heterocycles. The summed E-state index contributed by atoms with van der Waals surface area (Å²) >= 11 is 6.06. The molecule has 0 radical (unpaired) electrons. The van der Waals surface area contributed by atoms with E-state index in [9.17, 15) is 4.79 Å². The van der Waals surface area contributed by atoms with Crippen LogP contribution in [0.25, 0.3) is 22.4 Å². The molecule has 0 aliphatic heterocycles. The average Bonchev–Trinajstić information content (AvgIpc) is 3.34. The van der Waals surface area contributed by atoms with Crippen LogP contribution in [0.4, 0.5) is 0 Å². The van der Waals surface area contributed by atoms with Crippen LogP contribution in [0.2, 0.25) is 5.02 Å². The molecule has 8 heteroatoms. The summed E-state index contributed by atoms with van der Waals surface area (Å²) in [6.07, 6.45) is 2.24. The number of methoxy groups -OCH3 is 2. The molecule has 0 N–H and O–H groups in total. The summed E-state index contributed by atoms with van der Waals surface area (Å²) in [4.78, 5) is 18.1. The zero-order valence-electron chi connectivity index (χ0n) is 19.2. The maximum atomic E-state index is 13.6. The van der Waals surface area contributed by atoms with Gasteiger partial charge in [0.2, 0.25) is 5.43 Å². The first-order valence-corrected chi connectivity index (χ1v) is 11.3. The van der Waals surface area contributed by atoms with Gasteiger partial charge in [-0.2, -0.15) is 4.98 Å². The van der Waals surface area contributed by atoms with Crippen LogP contribution in [0.15, 0.2) is 82.2 Å². The second kappa shape index (κ2) is 9.64. The maximum absolute atomic E-state index is 13.6. The van der Waals surface area contributed by atoms with Gasteiger partial charge in [0.05, 0.1) is 25.1 Å². The van der Waals surface area contributed by atoms with Gasteiger partial charge in [0, 0.05) is 30.3 Å². The summed E-state index contributed by atoms with van der Waals surface area (Å²) in [6.45, 7) is 0.488. The van der Waals surface area contributed by atoms with Gasteiger partial charge in [0.25, 0.3) is 5.89 Å². The van der Waals surface area contributed by atoms with Crippen molar-refractivity contribution in [3.63, 3.8) is 0 Å². The topological polar surface area (TPSA) is 79.4 Å². The van der Waals surface area contributed by atoms with E-state index in [0.717, 1.165) is 11.1 Å². The second-order valence-corrected chi connectivity index (χ2v) is 8.47. The van der Waals surface area contributed by atoms with Crippen molar-refractivity contribution < 1.29 is 14.0 Å². The maximum Gasteiger partial charge on any atom is 0.263 e. The molecular formula is C27H22ClN3O4. The Labute approximate surface area is 206 Å². The van der Waals surface area contributed by atoms with E-state index >= 15 is 0 Å². The van der Waals surface area contributed by atoms with Gasteiger partial charge in [0.1, 0.15) is 5.56 Å². The van der Waals surface area contributed by atoms with E-state index in [4.69, 9.17) is 25.6 Å². The lowest BCUT2D eigenvalue weighted by molar-refractivity contribution is 0.355. The summed E-state index contributed by atoms with van der Waals surface area (Å²) in [6, 6.07) is 20.9. The fraction of sp³-hybridized carbons (Fsp3) is 0.148. The van der Waals surface area contributed by atoms with Crippen molar-refractivity contribution in [3.05, 3.63) is 105 Å². The monoisotopic (exact) mass is 487 g/mol. The first-order valence-electron chi connectivity index (χ1n) is 11.0. The van der Waals surface area contributed by atoms with E-state index in [2.05, 4.69) is 10.1 Å². The normalized spacial score (nSPS) is 11.1. The van der Waals surface area contributed by atoms with Crippen LogP contribution in [-0.4, -0.2) is 28.9 Å². The van der Waals surface area contributed by atoms with Crippen molar-refractivity contribution in [2.24, 2.45) is 0 Å². The molecule has 0 amide bonds. The Morgan fingerprint density at radius 1 is 0.943 bits per heavy atom. The highest BCUT2D eigenvalue weighted by Crippen LogP contribution is 2.32. The third kappa shape index (κ3) is 4.63. The summed E-state index contributed by atoms with van der Waals surface area (Å²) < 4.78 is 18.4. The van der Waals surface area contributed by atoms with Gasteiger partial charge in [-0.05, 0) is 29.3 Å². The predicted octanol–water partition coefficient (Wildman–Crippen LogP) is 5.36. The molecule has 0 unspecified atom stereocenters. The zero-order valence-corrected chi connectivity index (χ0v) is 20.0. The number of nitrogens with zero attached hydrogens (tertiary/aromatic N) is 3. The van der Waals surface area contributed by atoms with Crippen molar-refractivity contribution in [2.75, 3.05) is 14.2 Å². The Kier molecular flexibility index (Phi) is 6.25. The fourth-order valence-electron chi connectivity index (χ4n) is 4.00. The van der Waals surface area contributed by atoms with Crippen molar-refractivity contribution in [1.82, 2.24) is 14.7 Å². The average molecular weight is 488 g/mol. The number of fused-ring (bicyclic) bond motifs is 1. The van der Waals surface area contributed by atoms with Crippen molar-refractivity contribution >= 4 is 22.5 Å². The van der Waals surface area contributed by atoms with Gasteiger partial charge in [-0.1, -0.05) is 59.2 Å². The lowest BCUT2D eigenvalue weighted by Gasteiger charge is -2.15. The van der Waals surface area contributed by atoms with E-state index in [0.29, 0.717) is 51.8 Å². The van der Waals surface area contributed by atoms with Gasteiger partial charge >= 0.3 is 0 Å². The van der Waals surface area contributed by atoms with Crippen LogP contribution in [0.1, 0.15) is 17.0 Å². The SMILES string of the molecule is COc1cc2c(=O)c(-c3nc(Cc4ccccc4)no3)cn(Cc3ccc(Cl)cc3)c2cc1OC. The Bertz CT molecular complexity index is 1540. The number of pyridine rings is 1. The molecular weight excluding hydrogens is 466 g/mol. The molecule has 5 rings (SSSR count). The van der Waals surface area contributed by atoms with E-state index in [-0.39, 0.29) is 11.3 Å². The lowest BCUT2D eigenvalue weighted by atomic mass is 10.1.